The lowest BCUT2D eigenvalue weighted by molar-refractivity contribution is 0.534. The summed E-state index contributed by atoms with van der Waals surface area (Å²) in [7, 11) is 1.80. The molecule has 0 amide bonds. The molecule has 0 bridgehead atoms. The third-order valence-corrected chi connectivity index (χ3v) is 3.98. The average Bonchev–Trinajstić information content (AvgIpc) is 2.42. The standard InChI is InChI=1S/C16H16Cl2FN/c1-10-6-7-11(14(18)8-10)9-15(20-2)12-4-3-5-13(17)16(12)19/h3-8,15,20H,9H2,1-2H3. The van der Waals surface area contributed by atoms with E-state index >= 15 is 0 Å². The minimum absolute atomic E-state index is 0.137. The molecule has 20 heavy (non-hydrogen) atoms. The molecule has 1 unspecified atom stereocenters. The van der Waals surface area contributed by atoms with E-state index in [1.165, 1.54) is 0 Å². The number of nitrogens with one attached hydrogen (secondary N) is 1. The van der Waals surface area contributed by atoms with Crippen molar-refractivity contribution in [3.05, 3.63) is 69.0 Å². The number of hydrogen-bond acceptors (Lipinski definition) is 1. The highest BCUT2D eigenvalue weighted by Crippen LogP contribution is 2.28. The fraction of sp³-hybridized carbons (Fsp3) is 0.250. The fourth-order valence-electron chi connectivity index (χ4n) is 2.19. The van der Waals surface area contributed by atoms with Gasteiger partial charge in [-0.1, -0.05) is 47.5 Å². The van der Waals surface area contributed by atoms with Gasteiger partial charge in [-0.2, -0.15) is 0 Å². The molecular formula is C16H16Cl2FN. The van der Waals surface area contributed by atoms with Crippen molar-refractivity contribution in [3.8, 4) is 0 Å². The highest BCUT2D eigenvalue weighted by atomic mass is 35.5. The first-order valence-electron chi connectivity index (χ1n) is 6.39. The van der Waals surface area contributed by atoms with Gasteiger partial charge < -0.3 is 5.32 Å². The quantitative estimate of drug-likeness (QED) is 0.843. The van der Waals surface area contributed by atoms with Crippen LogP contribution in [-0.4, -0.2) is 7.05 Å². The Labute approximate surface area is 128 Å². The third-order valence-electron chi connectivity index (χ3n) is 3.34. The molecule has 1 atom stereocenters. The SMILES string of the molecule is CNC(Cc1ccc(C)cc1Cl)c1cccc(Cl)c1F. The van der Waals surface area contributed by atoms with Crippen LogP contribution in [0, 0.1) is 12.7 Å². The van der Waals surface area contributed by atoms with Crippen molar-refractivity contribution in [3.63, 3.8) is 0 Å². The molecule has 0 heterocycles. The van der Waals surface area contributed by atoms with E-state index in [-0.39, 0.29) is 16.9 Å². The maximum Gasteiger partial charge on any atom is 0.146 e. The molecule has 0 aromatic heterocycles. The lowest BCUT2D eigenvalue weighted by Gasteiger charge is -2.19. The second-order valence-corrected chi connectivity index (χ2v) is 5.60. The molecule has 0 aliphatic carbocycles. The fourth-order valence-corrected chi connectivity index (χ4v) is 2.69. The predicted octanol–water partition coefficient (Wildman–Crippen LogP) is 4.94. The molecule has 0 radical (unpaired) electrons. The molecule has 0 fully saturated rings. The summed E-state index contributed by atoms with van der Waals surface area (Å²) in [5.74, 6) is -0.378. The van der Waals surface area contributed by atoms with Crippen molar-refractivity contribution >= 4 is 23.2 Å². The molecule has 4 heteroatoms. The van der Waals surface area contributed by atoms with E-state index in [1.807, 2.05) is 25.1 Å². The van der Waals surface area contributed by atoms with Gasteiger partial charge in [-0.25, -0.2) is 4.39 Å². The lowest BCUT2D eigenvalue weighted by atomic mass is 9.98. The highest BCUT2D eigenvalue weighted by molar-refractivity contribution is 6.31. The van der Waals surface area contributed by atoms with Crippen molar-refractivity contribution in [2.75, 3.05) is 7.05 Å². The van der Waals surface area contributed by atoms with E-state index in [4.69, 9.17) is 23.2 Å². The summed E-state index contributed by atoms with van der Waals surface area (Å²) in [6.45, 7) is 1.99. The van der Waals surface area contributed by atoms with Gasteiger partial charge in [0, 0.05) is 16.6 Å². The monoisotopic (exact) mass is 311 g/mol. The normalized spacial score (nSPS) is 12.4. The first-order valence-corrected chi connectivity index (χ1v) is 7.14. The Morgan fingerprint density at radius 1 is 1.15 bits per heavy atom. The Bertz CT molecular complexity index is 613. The summed E-state index contributed by atoms with van der Waals surface area (Å²) < 4.78 is 14.1. The zero-order valence-corrected chi connectivity index (χ0v) is 12.9. The molecule has 1 N–H and O–H groups in total. The molecule has 0 aliphatic heterocycles. The minimum Gasteiger partial charge on any atom is -0.313 e. The number of benzene rings is 2. The van der Waals surface area contributed by atoms with Crippen LogP contribution >= 0.6 is 23.2 Å². The third kappa shape index (κ3) is 3.32. The zero-order chi connectivity index (χ0) is 14.7. The van der Waals surface area contributed by atoms with Gasteiger partial charge in [-0.3, -0.25) is 0 Å². The van der Waals surface area contributed by atoms with Gasteiger partial charge in [-0.15, -0.1) is 0 Å². The first-order chi connectivity index (χ1) is 9.52. The Morgan fingerprint density at radius 2 is 1.90 bits per heavy atom. The maximum absolute atomic E-state index is 14.1. The molecule has 1 nitrogen and oxygen atoms in total. The zero-order valence-electron chi connectivity index (χ0n) is 11.4. The number of aryl methyl sites for hydroxylation is 1. The number of rotatable bonds is 4. The molecule has 0 saturated carbocycles. The van der Waals surface area contributed by atoms with Gasteiger partial charge in [0.2, 0.25) is 0 Å². The lowest BCUT2D eigenvalue weighted by Crippen LogP contribution is -2.20. The second kappa shape index (κ2) is 6.57. The van der Waals surface area contributed by atoms with Crippen molar-refractivity contribution < 1.29 is 4.39 Å². The molecule has 2 rings (SSSR count). The molecule has 0 saturated heterocycles. The Balaban J connectivity index is 2.31. The van der Waals surface area contributed by atoms with Gasteiger partial charge >= 0.3 is 0 Å². The van der Waals surface area contributed by atoms with E-state index in [1.54, 1.807) is 25.2 Å². The smallest absolute Gasteiger partial charge is 0.146 e. The Morgan fingerprint density at radius 3 is 2.55 bits per heavy atom. The average molecular weight is 312 g/mol. The molecule has 0 spiro atoms. The van der Waals surface area contributed by atoms with Crippen LogP contribution in [0.25, 0.3) is 0 Å². The van der Waals surface area contributed by atoms with E-state index in [2.05, 4.69) is 5.32 Å². The van der Waals surface area contributed by atoms with Crippen molar-refractivity contribution in [2.24, 2.45) is 0 Å². The van der Waals surface area contributed by atoms with Crippen LogP contribution in [0.4, 0.5) is 4.39 Å². The number of hydrogen-bond donors (Lipinski definition) is 1. The summed E-state index contributed by atoms with van der Waals surface area (Å²) in [6.07, 6.45) is 0.604. The van der Waals surface area contributed by atoms with E-state index in [0.717, 1.165) is 11.1 Å². The second-order valence-electron chi connectivity index (χ2n) is 4.78. The van der Waals surface area contributed by atoms with E-state index in [9.17, 15) is 4.39 Å². The summed E-state index contributed by atoms with van der Waals surface area (Å²) >= 11 is 12.1. The van der Waals surface area contributed by atoms with Crippen molar-refractivity contribution in [1.29, 1.82) is 0 Å². The number of likely N-dealkylation sites (N-methyl/N-ethyl adjacent to an activating group) is 1. The maximum atomic E-state index is 14.1. The molecule has 106 valence electrons. The highest BCUT2D eigenvalue weighted by Gasteiger charge is 2.17. The van der Waals surface area contributed by atoms with Gasteiger partial charge in [0.25, 0.3) is 0 Å². The Hall–Kier alpha value is -1.09. The van der Waals surface area contributed by atoms with Crippen molar-refractivity contribution in [2.45, 2.75) is 19.4 Å². The van der Waals surface area contributed by atoms with Gasteiger partial charge in [0.05, 0.1) is 5.02 Å². The number of halogens is 3. The summed E-state index contributed by atoms with van der Waals surface area (Å²) in [5, 5.41) is 3.96. The van der Waals surface area contributed by atoms with Crippen molar-refractivity contribution in [1.82, 2.24) is 5.32 Å². The van der Waals surface area contributed by atoms with Gasteiger partial charge in [0.15, 0.2) is 0 Å². The topological polar surface area (TPSA) is 12.0 Å². The van der Waals surface area contributed by atoms with Crippen LogP contribution in [0.2, 0.25) is 10.0 Å². The van der Waals surface area contributed by atoms with Crippen LogP contribution in [0.5, 0.6) is 0 Å². The van der Waals surface area contributed by atoms with Crippen LogP contribution in [0.1, 0.15) is 22.7 Å². The van der Waals surface area contributed by atoms with Crippen LogP contribution < -0.4 is 5.32 Å². The predicted molar refractivity (Wildman–Crippen MR) is 83.1 cm³/mol. The summed E-state index contributed by atoms with van der Waals surface area (Å²) in [4.78, 5) is 0. The van der Waals surface area contributed by atoms with Crippen LogP contribution in [0.15, 0.2) is 36.4 Å². The molecular weight excluding hydrogens is 296 g/mol. The van der Waals surface area contributed by atoms with Gasteiger partial charge in [0.1, 0.15) is 5.82 Å². The van der Waals surface area contributed by atoms with E-state index < -0.39 is 0 Å². The van der Waals surface area contributed by atoms with E-state index in [0.29, 0.717) is 17.0 Å². The molecule has 2 aromatic carbocycles. The largest absolute Gasteiger partial charge is 0.313 e. The Kier molecular flexibility index (Phi) is 5.03. The summed E-state index contributed by atoms with van der Waals surface area (Å²) in [5.41, 5.74) is 2.64. The van der Waals surface area contributed by atoms with Crippen LogP contribution in [0.3, 0.4) is 0 Å². The minimum atomic E-state index is -0.378. The van der Waals surface area contributed by atoms with Gasteiger partial charge in [-0.05, 0) is 43.7 Å². The molecule has 2 aromatic rings. The molecule has 0 aliphatic rings. The van der Waals surface area contributed by atoms with Crippen LogP contribution in [-0.2, 0) is 6.42 Å². The first kappa shape index (κ1) is 15.3. The summed E-state index contributed by atoms with van der Waals surface area (Å²) in [6, 6.07) is 10.8.